The number of hydrogen-bond donors (Lipinski definition) is 0. The van der Waals surface area contributed by atoms with Crippen molar-refractivity contribution in [2.24, 2.45) is 14.1 Å². The number of nitrogens with zero attached hydrogens (tertiary/aromatic N) is 8. The van der Waals surface area contributed by atoms with E-state index in [9.17, 15) is 8.78 Å². The molecule has 2 fully saturated rings. The Morgan fingerprint density at radius 2 is 1.14 bits per heavy atom. The van der Waals surface area contributed by atoms with E-state index in [4.69, 9.17) is 4.98 Å². The van der Waals surface area contributed by atoms with E-state index in [-0.39, 0.29) is 11.6 Å². The van der Waals surface area contributed by atoms with Crippen molar-refractivity contribution in [1.29, 1.82) is 0 Å². The lowest BCUT2D eigenvalue weighted by molar-refractivity contribution is 0.473. The molecule has 0 unspecified atom stereocenters. The topological polar surface area (TPSA) is 67.9 Å². The van der Waals surface area contributed by atoms with Crippen LogP contribution in [0, 0.1) is 11.6 Å². The van der Waals surface area contributed by atoms with Gasteiger partial charge in [-0.1, -0.05) is 36.4 Å². The monoisotopic (exact) mass is 672 g/mol. The third kappa shape index (κ3) is 7.44. The van der Waals surface area contributed by atoms with E-state index in [2.05, 4.69) is 46.0 Å². The summed E-state index contributed by atoms with van der Waals surface area (Å²) in [5.41, 5.74) is 3.49. The van der Waals surface area contributed by atoms with E-state index in [1.54, 1.807) is 18.2 Å². The highest BCUT2D eigenvalue weighted by Gasteiger charge is 2.26. The first-order chi connectivity index (χ1) is 24.4. The van der Waals surface area contributed by atoms with E-state index in [1.807, 2.05) is 75.3 Å². The summed E-state index contributed by atoms with van der Waals surface area (Å²) in [6, 6.07) is 25.4. The van der Waals surface area contributed by atoms with Gasteiger partial charge < -0.3 is 18.9 Å². The van der Waals surface area contributed by atoms with Crippen LogP contribution in [0.25, 0.3) is 22.5 Å². The Labute approximate surface area is 292 Å². The Morgan fingerprint density at radius 3 is 1.68 bits per heavy atom. The lowest BCUT2D eigenvalue weighted by Gasteiger charge is -2.32. The molecule has 256 valence electrons. The standard InChI is InChI=1S/2C20H21FN4/c1-24-14-18(16-5-4-6-17(21)13-16)23-20(24)15-8-11-25(12-9-15)19-7-2-3-10-22-19;1-24-18(16-5-4-6-17(21)13-16)14-23-20(24)15-8-11-25(12-9-15)19-7-2-3-10-22-19/h2*2-7,10,13-15H,8-9,11-12H2,1H3. The largest absolute Gasteiger partial charge is 0.357 e. The molecule has 50 heavy (non-hydrogen) atoms. The molecule has 6 heterocycles. The number of imidazole rings is 2. The van der Waals surface area contributed by atoms with Crippen molar-refractivity contribution in [3.63, 3.8) is 0 Å². The minimum absolute atomic E-state index is 0.219. The average Bonchev–Trinajstić information content (AvgIpc) is 3.75. The number of aromatic nitrogens is 6. The van der Waals surface area contributed by atoms with Gasteiger partial charge >= 0.3 is 0 Å². The first kappa shape index (κ1) is 33.1. The maximum absolute atomic E-state index is 13.5. The van der Waals surface area contributed by atoms with Gasteiger partial charge in [0.2, 0.25) is 0 Å². The second kappa shape index (κ2) is 15.0. The molecule has 0 aliphatic carbocycles. The highest BCUT2D eigenvalue weighted by atomic mass is 19.1. The summed E-state index contributed by atoms with van der Waals surface area (Å²) in [4.78, 5) is 23.0. The first-order valence-electron chi connectivity index (χ1n) is 17.3. The van der Waals surface area contributed by atoms with Crippen LogP contribution in [0.3, 0.4) is 0 Å². The molecular formula is C40H42F2N8. The molecule has 6 aromatic rings. The van der Waals surface area contributed by atoms with Crippen molar-refractivity contribution in [3.8, 4) is 22.5 Å². The lowest BCUT2D eigenvalue weighted by atomic mass is 9.96. The summed E-state index contributed by atoms with van der Waals surface area (Å²) in [7, 11) is 4.05. The number of aryl methyl sites for hydroxylation is 1. The minimum atomic E-state index is -0.228. The van der Waals surface area contributed by atoms with E-state index in [0.29, 0.717) is 11.8 Å². The molecule has 2 saturated heterocycles. The number of hydrogen-bond acceptors (Lipinski definition) is 6. The van der Waals surface area contributed by atoms with Crippen LogP contribution in [0.4, 0.5) is 20.4 Å². The quantitative estimate of drug-likeness (QED) is 0.179. The number of pyridine rings is 2. The molecule has 0 bridgehead atoms. The van der Waals surface area contributed by atoms with Crippen LogP contribution < -0.4 is 9.80 Å². The van der Waals surface area contributed by atoms with Crippen LogP contribution in [0.1, 0.15) is 49.2 Å². The second-order valence-electron chi connectivity index (χ2n) is 13.1. The number of anilines is 2. The van der Waals surface area contributed by atoms with E-state index >= 15 is 0 Å². The molecule has 2 aliphatic heterocycles. The molecule has 0 saturated carbocycles. The molecule has 8 rings (SSSR count). The maximum atomic E-state index is 13.5. The number of piperidine rings is 2. The van der Waals surface area contributed by atoms with Gasteiger partial charge in [-0.25, -0.2) is 28.7 Å². The predicted octanol–water partition coefficient (Wildman–Crippen LogP) is 8.01. The number of halogens is 2. The van der Waals surface area contributed by atoms with Crippen LogP contribution in [0.2, 0.25) is 0 Å². The van der Waals surface area contributed by atoms with Gasteiger partial charge in [-0.2, -0.15) is 0 Å². The minimum Gasteiger partial charge on any atom is -0.357 e. The summed E-state index contributed by atoms with van der Waals surface area (Å²) in [6.45, 7) is 3.90. The van der Waals surface area contributed by atoms with Crippen LogP contribution >= 0.6 is 0 Å². The molecule has 2 aliphatic rings. The van der Waals surface area contributed by atoms with Crippen molar-refractivity contribution in [2.45, 2.75) is 37.5 Å². The van der Waals surface area contributed by atoms with E-state index < -0.39 is 0 Å². The summed E-state index contributed by atoms with van der Waals surface area (Å²) in [5, 5.41) is 0. The predicted molar refractivity (Wildman–Crippen MR) is 194 cm³/mol. The zero-order valence-electron chi connectivity index (χ0n) is 28.5. The molecule has 0 amide bonds. The third-order valence-corrected chi connectivity index (χ3v) is 9.84. The van der Waals surface area contributed by atoms with Gasteiger partial charge in [-0.15, -0.1) is 0 Å². The van der Waals surface area contributed by atoms with Gasteiger partial charge in [0.1, 0.15) is 34.9 Å². The fourth-order valence-corrected chi connectivity index (χ4v) is 7.18. The Hall–Kier alpha value is -5.38. The zero-order valence-corrected chi connectivity index (χ0v) is 28.5. The van der Waals surface area contributed by atoms with Crippen molar-refractivity contribution >= 4 is 11.6 Å². The number of benzene rings is 2. The number of rotatable bonds is 6. The second-order valence-corrected chi connectivity index (χ2v) is 13.1. The summed E-state index contributed by atoms with van der Waals surface area (Å²) in [5.74, 6) is 4.65. The van der Waals surface area contributed by atoms with Gasteiger partial charge in [-0.3, -0.25) is 0 Å². The summed E-state index contributed by atoms with van der Waals surface area (Å²) < 4.78 is 31.2. The van der Waals surface area contributed by atoms with Crippen LogP contribution in [-0.4, -0.2) is 55.2 Å². The highest BCUT2D eigenvalue weighted by Crippen LogP contribution is 2.33. The van der Waals surface area contributed by atoms with Crippen molar-refractivity contribution in [2.75, 3.05) is 36.0 Å². The van der Waals surface area contributed by atoms with Crippen molar-refractivity contribution in [3.05, 3.63) is 133 Å². The smallest absolute Gasteiger partial charge is 0.128 e. The third-order valence-electron chi connectivity index (χ3n) is 9.84. The molecule has 10 heteroatoms. The molecular weight excluding hydrogens is 630 g/mol. The Bertz CT molecular complexity index is 1940. The Morgan fingerprint density at radius 1 is 0.600 bits per heavy atom. The van der Waals surface area contributed by atoms with E-state index in [1.165, 1.54) is 18.2 Å². The molecule has 4 aromatic heterocycles. The van der Waals surface area contributed by atoms with Gasteiger partial charge in [-0.05, 0) is 74.2 Å². The lowest BCUT2D eigenvalue weighted by Crippen LogP contribution is -2.34. The van der Waals surface area contributed by atoms with Crippen molar-refractivity contribution < 1.29 is 8.78 Å². The fraction of sp³-hybridized carbons (Fsp3) is 0.300. The first-order valence-corrected chi connectivity index (χ1v) is 17.3. The average molecular weight is 673 g/mol. The maximum Gasteiger partial charge on any atom is 0.128 e. The molecule has 8 nitrogen and oxygen atoms in total. The summed E-state index contributed by atoms with van der Waals surface area (Å²) in [6.07, 6.45) is 11.7. The SMILES string of the molecule is Cn1c(-c2cccc(F)c2)cnc1C1CCN(c2ccccn2)CC1.Cn1cc(-c2cccc(F)c2)nc1C1CCN(c2ccccn2)CC1. The van der Waals surface area contributed by atoms with Gasteiger partial charge in [0.05, 0.1) is 17.6 Å². The Balaban J connectivity index is 0.000000157. The summed E-state index contributed by atoms with van der Waals surface area (Å²) >= 11 is 0. The van der Waals surface area contributed by atoms with E-state index in [0.717, 1.165) is 97.7 Å². The Kier molecular flexibility index (Phi) is 9.96. The van der Waals surface area contributed by atoms with Crippen LogP contribution in [-0.2, 0) is 14.1 Å². The van der Waals surface area contributed by atoms with Crippen molar-refractivity contribution in [1.82, 2.24) is 29.1 Å². The zero-order chi connectivity index (χ0) is 34.5. The molecule has 0 atom stereocenters. The van der Waals surface area contributed by atoms with Crippen LogP contribution in [0.15, 0.2) is 110 Å². The molecule has 2 aromatic carbocycles. The van der Waals surface area contributed by atoms with Gasteiger partial charge in [0.15, 0.2) is 0 Å². The van der Waals surface area contributed by atoms with Gasteiger partial charge in [0, 0.05) is 81.8 Å². The van der Waals surface area contributed by atoms with Crippen LogP contribution in [0.5, 0.6) is 0 Å². The normalized spacial score (nSPS) is 15.5. The highest BCUT2D eigenvalue weighted by molar-refractivity contribution is 5.60. The molecule has 0 N–H and O–H groups in total. The molecule has 0 spiro atoms. The fourth-order valence-electron chi connectivity index (χ4n) is 7.18. The molecule has 0 radical (unpaired) electrons. The van der Waals surface area contributed by atoms with Gasteiger partial charge in [0.25, 0.3) is 0 Å².